The molecule has 1 unspecified atom stereocenters. The van der Waals surface area contributed by atoms with E-state index in [2.05, 4.69) is 4.74 Å². The minimum atomic E-state index is -5.19. The molecule has 0 amide bonds. The van der Waals surface area contributed by atoms with Crippen LogP contribution in [0.1, 0.15) is 10.4 Å². The quantitative estimate of drug-likeness (QED) is 0.649. The van der Waals surface area contributed by atoms with Crippen molar-refractivity contribution in [3.63, 3.8) is 0 Å². The summed E-state index contributed by atoms with van der Waals surface area (Å²) in [5.74, 6) is -1.25. The van der Waals surface area contributed by atoms with E-state index < -0.39 is 29.6 Å². The van der Waals surface area contributed by atoms with Gasteiger partial charge >= 0.3 is 12.5 Å². The van der Waals surface area contributed by atoms with Gasteiger partial charge in [-0.15, -0.1) is 0 Å². The topological polar surface area (TPSA) is 46.5 Å². The zero-order valence-corrected chi connectivity index (χ0v) is 7.66. The number of hydrogen-bond donors (Lipinski definition) is 1. The Balaban J connectivity index is 2.98. The highest BCUT2D eigenvalue weighted by Crippen LogP contribution is 2.30. The van der Waals surface area contributed by atoms with Gasteiger partial charge in [-0.25, -0.2) is 0 Å². The van der Waals surface area contributed by atoms with Crippen LogP contribution in [0.2, 0.25) is 0 Å². The Labute approximate surface area is 87.3 Å². The summed E-state index contributed by atoms with van der Waals surface area (Å²) < 4.78 is 51.9. The average molecular weight is 238 g/mol. The van der Waals surface area contributed by atoms with Crippen molar-refractivity contribution in [3.8, 4) is 11.5 Å². The van der Waals surface area contributed by atoms with Crippen LogP contribution in [0.25, 0.3) is 0 Å². The molecule has 0 saturated carbocycles. The molecule has 88 valence electrons. The Hall–Kier alpha value is -1.79. The molecule has 1 atom stereocenters. The number of carbonyl (C=O) groups excluding carboxylic acids is 1. The van der Waals surface area contributed by atoms with Crippen molar-refractivity contribution in [1.82, 2.24) is 0 Å². The van der Waals surface area contributed by atoms with Crippen LogP contribution in [-0.4, -0.2) is 23.9 Å². The second-order valence-corrected chi connectivity index (χ2v) is 2.78. The van der Waals surface area contributed by atoms with E-state index in [1.807, 2.05) is 0 Å². The Morgan fingerprint density at radius 1 is 1.38 bits per heavy atom. The van der Waals surface area contributed by atoms with Crippen LogP contribution in [0.5, 0.6) is 11.5 Å². The molecule has 0 aliphatic heterocycles. The van der Waals surface area contributed by atoms with Gasteiger partial charge in [0, 0.05) is 0 Å². The number of carbonyl (C=O) groups is 1. The van der Waals surface area contributed by atoms with Crippen molar-refractivity contribution in [2.45, 2.75) is 12.5 Å². The van der Waals surface area contributed by atoms with Gasteiger partial charge in [0.1, 0.15) is 11.5 Å². The van der Waals surface area contributed by atoms with E-state index in [-0.39, 0.29) is 6.29 Å². The number of benzene rings is 1. The van der Waals surface area contributed by atoms with Crippen LogP contribution in [0.3, 0.4) is 0 Å². The van der Waals surface area contributed by atoms with Crippen LogP contribution < -0.4 is 4.74 Å². The summed E-state index contributed by atoms with van der Waals surface area (Å²) in [4.78, 5) is 10.4. The van der Waals surface area contributed by atoms with Gasteiger partial charge in [0.25, 0.3) is 0 Å². The SMILES string of the molecule is O=Cc1c(O)cccc1OC(F)C(F)(F)F. The number of phenolic OH excluding ortho intramolecular Hbond substituents is 1. The van der Waals surface area contributed by atoms with Crippen LogP contribution >= 0.6 is 0 Å². The van der Waals surface area contributed by atoms with Crippen LogP contribution in [-0.2, 0) is 0 Å². The number of ether oxygens (including phenoxy) is 1. The van der Waals surface area contributed by atoms with Gasteiger partial charge in [-0.3, -0.25) is 4.79 Å². The lowest BCUT2D eigenvalue weighted by Gasteiger charge is -2.15. The van der Waals surface area contributed by atoms with E-state index >= 15 is 0 Å². The van der Waals surface area contributed by atoms with Crippen molar-refractivity contribution in [2.75, 3.05) is 0 Å². The number of phenols is 1. The number of alkyl halides is 4. The Kier molecular flexibility index (Phi) is 3.36. The van der Waals surface area contributed by atoms with Crippen molar-refractivity contribution in [2.24, 2.45) is 0 Å². The molecule has 16 heavy (non-hydrogen) atoms. The van der Waals surface area contributed by atoms with Gasteiger partial charge in [0.2, 0.25) is 0 Å². The fourth-order valence-electron chi connectivity index (χ4n) is 0.932. The first kappa shape index (κ1) is 12.3. The van der Waals surface area contributed by atoms with Crippen LogP contribution in [0.4, 0.5) is 17.6 Å². The van der Waals surface area contributed by atoms with Crippen molar-refractivity contribution in [3.05, 3.63) is 23.8 Å². The number of rotatable bonds is 3. The summed E-state index contributed by atoms with van der Waals surface area (Å²) in [5, 5.41) is 9.09. The maximum atomic E-state index is 12.5. The molecular formula is C9H6F4O3. The van der Waals surface area contributed by atoms with Crippen molar-refractivity contribution >= 4 is 6.29 Å². The molecule has 1 rings (SSSR count). The summed E-state index contributed by atoms with van der Waals surface area (Å²) in [6.07, 6.45) is -8.66. The summed E-state index contributed by atoms with van der Waals surface area (Å²) in [5.41, 5.74) is -0.533. The molecule has 0 fully saturated rings. The normalized spacial score (nSPS) is 13.2. The standard InChI is InChI=1S/C9H6F4O3/c10-8(9(11,12)13)16-7-3-1-2-6(15)5(7)4-14/h1-4,8,15H. The lowest BCUT2D eigenvalue weighted by atomic mass is 10.2. The Morgan fingerprint density at radius 2 is 2.00 bits per heavy atom. The molecule has 0 heterocycles. The number of hydrogen-bond acceptors (Lipinski definition) is 3. The first-order valence-electron chi connectivity index (χ1n) is 4.01. The fraction of sp³-hybridized carbons (Fsp3) is 0.222. The monoisotopic (exact) mass is 238 g/mol. The van der Waals surface area contributed by atoms with Gasteiger partial charge < -0.3 is 9.84 Å². The smallest absolute Gasteiger partial charge is 0.457 e. The molecule has 0 aliphatic rings. The van der Waals surface area contributed by atoms with E-state index in [4.69, 9.17) is 5.11 Å². The van der Waals surface area contributed by atoms with E-state index in [1.54, 1.807) is 0 Å². The molecular weight excluding hydrogens is 232 g/mol. The lowest BCUT2D eigenvalue weighted by Crippen LogP contribution is -2.30. The third kappa shape index (κ3) is 2.62. The third-order valence-electron chi connectivity index (χ3n) is 1.65. The van der Waals surface area contributed by atoms with E-state index in [0.717, 1.165) is 18.2 Å². The first-order chi connectivity index (χ1) is 7.36. The van der Waals surface area contributed by atoms with Crippen LogP contribution in [0.15, 0.2) is 18.2 Å². The Bertz CT molecular complexity index is 389. The summed E-state index contributed by atoms with van der Waals surface area (Å²) in [6, 6.07) is 3.14. The minimum Gasteiger partial charge on any atom is -0.507 e. The van der Waals surface area contributed by atoms with Gasteiger partial charge in [-0.05, 0) is 12.1 Å². The van der Waals surface area contributed by atoms with Gasteiger partial charge in [0.15, 0.2) is 6.29 Å². The largest absolute Gasteiger partial charge is 0.507 e. The summed E-state index contributed by atoms with van der Waals surface area (Å²) in [6.45, 7) is 0. The maximum Gasteiger partial charge on any atom is 0.457 e. The Morgan fingerprint density at radius 3 is 2.50 bits per heavy atom. The molecule has 0 aromatic heterocycles. The van der Waals surface area contributed by atoms with Crippen LogP contribution in [0, 0.1) is 0 Å². The van der Waals surface area contributed by atoms with E-state index in [9.17, 15) is 22.4 Å². The summed E-state index contributed by atoms with van der Waals surface area (Å²) >= 11 is 0. The molecule has 1 N–H and O–H groups in total. The predicted octanol–water partition coefficient (Wildman–Crippen LogP) is 2.44. The van der Waals surface area contributed by atoms with E-state index in [1.165, 1.54) is 0 Å². The molecule has 1 aromatic carbocycles. The fourth-order valence-corrected chi connectivity index (χ4v) is 0.932. The second kappa shape index (κ2) is 4.38. The highest BCUT2D eigenvalue weighted by Gasteiger charge is 2.42. The molecule has 7 heteroatoms. The summed E-state index contributed by atoms with van der Waals surface area (Å²) in [7, 11) is 0. The first-order valence-corrected chi connectivity index (χ1v) is 4.01. The molecule has 3 nitrogen and oxygen atoms in total. The van der Waals surface area contributed by atoms with E-state index in [0.29, 0.717) is 0 Å². The van der Waals surface area contributed by atoms with Crippen molar-refractivity contribution < 1.29 is 32.2 Å². The van der Waals surface area contributed by atoms with Gasteiger partial charge in [-0.1, -0.05) is 6.07 Å². The number of halogens is 4. The molecule has 0 bridgehead atoms. The minimum absolute atomic E-state index is 0.0771. The van der Waals surface area contributed by atoms with Crippen molar-refractivity contribution in [1.29, 1.82) is 0 Å². The highest BCUT2D eigenvalue weighted by molar-refractivity contribution is 5.83. The molecule has 0 saturated heterocycles. The lowest BCUT2D eigenvalue weighted by molar-refractivity contribution is -0.236. The number of aldehydes is 1. The zero-order valence-electron chi connectivity index (χ0n) is 7.66. The van der Waals surface area contributed by atoms with Gasteiger partial charge in [-0.2, -0.15) is 17.6 Å². The number of aromatic hydroxyl groups is 1. The molecule has 0 aliphatic carbocycles. The van der Waals surface area contributed by atoms with Gasteiger partial charge in [0.05, 0.1) is 5.56 Å². The molecule has 0 spiro atoms. The zero-order chi connectivity index (χ0) is 12.3. The average Bonchev–Trinajstić information content (AvgIpc) is 2.16. The highest BCUT2D eigenvalue weighted by atomic mass is 19.4. The second-order valence-electron chi connectivity index (χ2n) is 2.78. The molecule has 1 aromatic rings. The molecule has 0 radical (unpaired) electrons. The predicted molar refractivity (Wildman–Crippen MR) is 45.1 cm³/mol. The third-order valence-corrected chi connectivity index (χ3v) is 1.65. The maximum absolute atomic E-state index is 12.5.